The summed E-state index contributed by atoms with van der Waals surface area (Å²) in [5.74, 6) is 0.0236. The van der Waals surface area contributed by atoms with Crippen molar-refractivity contribution in [3.63, 3.8) is 0 Å². The van der Waals surface area contributed by atoms with Crippen molar-refractivity contribution < 1.29 is 4.79 Å². The molecule has 4 nitrogen and oxygen atoms in total. The van der Waals surface area contributed by atoms with Gasteiger partial charge < -0.3 is 10.6 Å². The highest BCUT2D eigenvalue weighted by Crippen LogP contribution is 2.26. The predicted octanol–water partition coefficient (Wildman–Crippen LogP) is 1.51. The van der Waals surface area contributed by atoms with Gasteiger partial charge in [0.15, 0.2) is 0 Å². The van der Waals surface area contributed by atoms with E-state index in [1.807, 2.05) is 18.2 Å². The van der Waals surface area contributed by atoms with Gasteiger partial charge in [0.05, 0.1) is 12.5 Å². The Morgan fingerprint density at radius 1 is 1.60 bits per heavy atom. The number of nitrogens with zero attached hydrogens (tertiary/aromatic N) is 1. The number of nitrogens with one attached hydrogen (secondary N) is 2. The van der Waals surface area contributed by atoms with Crippen LogP contribution < -0.4 is 10.6 Å². The fourth-order valence-corrected chi connectivity index (χ4v) is 1.60. The largest absolute Gasteiger partial charge is 0.370 e. The molecule has 0 aliphatic carbocycles. The fourth-order valence-electron chi connectivity index (χ4n) is 1.60. The lowest BCUT2D eigenvalue weighted by Gasteiger charge is -2.08. The maximum absolute atomic E-state index is 11.1. The van der Waals surface area contributed by atoms with E-state index in [0.717, 1.165) is 16.9 Å². The maximum atomic E-state index is 11.1. The van der Waals surface area contributed by atoms with E-state index >= 15 is 0 Å². The SMILES string of the molecule is CC(C#N)Nc1ccc2c(c1)CC(=O)N2. The Hall–Kier alpha value is -2.02. The van der Waals surface area contributed by atoms with Gasteiger partial charge in [-0.05, 0) is 30.7 Å². The number of carbonyl (C=O) groups is 1. The Kier molecular flexibility index (Phi) is 2.30. The second kappa shape index (κ2) is 3.62. The van der Waals surface area contributed by atoms with Crippen molar-refractivity contribution in [2.75, 3.05) is 10.6 Å². The van der Waals surface area contributed by atoms with Gasteiger partial charge in [0.1, 0.15) is 6.04 Å². The monoisotopic (exact) mass is 201 g/mol. The molecule has 15 heavy (non-hydrogen) atoms. The normalized spacial score (nSPS) is 15.1. The minimum atomic E-state index is -0.229. The van der Waals surface area contributed by atoms with E-state index in [9.17, 15) is 4.79 Å². The first-order chi connectivity index (χ1) is 7.19. The molecule has 1 aromatic rings. The molecule has 0 radical (unpaired) electrons. The van der Waals surface area contributed by atoms with E-state index in [0.29, 0.717) is 6.42 Å². The number of hydrogen-bond acceptors (Lipinski definition) is 3. The molecule has 1 unspecified atom stereocenters. The third-order valence-electron chi connectivity index (χ3n) is 2.31. The number of carbonyl (C=O) groups excluding carboxylic acids is 1. The summed E-state index contributed by atoms with van der Waals surface area (Å²) < 4.78 is 0. The van der Waals surface area contributed by atoms with Gasteiger partial charge in [0.2, 0.25) is 5.91 Å². The average Bonchev–Trinajstić information content (AvgIpc) is 2.57. The first-order valence-electron chi connectivity index (χ1n) is 4.78. The fraction of sp³-hybridized carbons (Fsp3) is 0.273. The highest BCUT2D eigenvalue weighted by Gasteiger charge is 2.17. The molecule has 0 saturated carbocycles. The van der Waals surface area contributed by atoms with Gasteiger partial charge in [0.25, 0.3) is 0 Å². The topological polar surface area (TPSA) is 64.9 Å². The van der Waals surface area contributed by atoms with Crippen LogP contribution in [0.15, 0.2) is 18.2 Å². The number of fused-ring (bicyclic) bond motifs is 1. The van der Waals surface area contributed by atoms with Gasteiger partial charge in [0, 0.05) is 11.4 Å². The average molecular weight is 201 g/mol. The lowest BCUT2D eigenvalue weighted by molar-refractivity contribution is -0.115. The summed E-state index contributed by atoms with van der Waals surface area (Å²) >= 11 is 0. The summed E-state index contributed by atoms with van der Waals surface area (Å²) in [4.78, 5) is 11.1. The summed E-state index contributed by atoms with van der Waals surface area (Å²) in [5.41, 5.74) is 2.73. The van der Waals surface area contributed by atoms with Gasteiger partial charge in [-0.1, -0.05) is 0 Å². The van der Waals surface area contributed by atoms with Gasteiger partial charge in [-0.15, -0.1) is 0 Å². The first kappa shape index (κ1) is 9.53. The zero-order chi connectivity index (χ0) is 10.8. The molecule has 0 fully saturated rings. The van der Waals surface area contributed by atoms with E-state index < -0.39 is 0 Å². The van der Waals surface area contributed by atoms with Crippen molar-refractivity contribution in [2.24, 2.45) is 0 Å². The molecule has 76 valence electrons. The number of rotatable bonds is 2. The quantitative estimate of drug-likeness (QED) is 0.762. The van der Waals surface area contributed by atoms with Gasteiger partial charge in [-0.25, -0.2) is 0 Å². The highest BCUT2D eigenvalue weighted by molar-refractivity contribution is 5.99. The van der Waals surface area contributed by atoms with Crippen molar-refractivity contribution in [3.8, 4) is 6.07 Å². The van der Waals surface area contributed by atoms with Crippen LogP contribution in [0.25, 0.3) is 0 Å². The molecule has 0 aromatic heterocycles. The smallest absolute Gasteiger partial charge is 0.228 e. The van der Waals surface area contributed by atoms with Crippen LogP contribution in [0.3, 0.4) is 0 Å². The standard InChI is InChI=1S/C11H11N3O/c1-7(6-12)13-9-2-3-10-8(4-9)5-11(15)14-10/h2-4,7,13H,5H2,1H3,(H,14,15). The molecule has 2 N–H and O–H groups in total. The van der Waals surface area contributed by atoms with Crippen molar-refractivity contribution in [1.82, 2.24) is 0 Å². The zero-order valence-corrected chi connectivity index (χ0v) is 8.37. The Morgan fingerprint density at radius 3 is 3.13 bits per heavy atom. The molecule has 2 rings (SSSR count). The molecular formula is C11H11N3O. The molecule has 0 bridgehead atoms. The van der Waals surface area contributed by atoms with Crippen molar-refractivity contribution in [3.05, 3.63) is 23.8 Å². The minimum Gasteiger partial charge on any atom is -0.370 e. The Labute approximate surface area is 87.9 Å². The van der Waals surface area contributed by atoms with E-state index in [1.165, 1.54) is 0 Å². The number of hydrogen-bond donors (Lipinski definition) is 2. The van der Waals surface area contributed by atoms with Crippen molar-refractivity contribution >= 4 is 17.3 Å². The minimum absolute atomic E-state index is 0.0236. The first-order valence-corrected chi connectivity index (χ1v) is 4.78. The van der Waals surface area contributed by atoms with Crippen LogP contribution in [0, 0.1) is 11.3 Å². The number of anilines is 2. The summed E-state index contributed by atoms with van der Waals surface area (Å²) in [5, 5.41) is 14.4. The number of benzene rings is 1. The lowest BCUT2D eigenvalue weighted by Crippen LogP contribution is -2.11. The Morgan fingerprint density at radius 2 is 2.40 bits per heavy atom. The molecule has 1 aliphatic rings. The Balaban J connectivity index is 2.21. The molecular weight excluding hydrogens is 190 g/mol. The molecule has 1 heterocycles. The molecule has 1 aliphatic heterocycles. The third-order valence-corrected chi connectivity index (χ3v) is 2.31. The van der Waals surface area contributed by atoms with Gasteiger partial charge in [-0.3, -0.25) is 4.79 Å². The molecule has 4 heteroatoms. The second-order valence-electron chi connectivity index (χ2n) is 3.59. The van der Waals surface area contributed by atoms with Gasteiger partial charge >= 0.3 is 0 Å². The van der Waals surface area contributed by atoms with Crippen LogP contribution >= 0.6 is 0 Å². The second-order valence-corrected chi connectivity index (χ2v) is 3.59. The summed E-state index contributed by atoms with van der Waals surface area (Å²) in [6, 6.07) is 7.48. The summed E-state index contributed by atoms with van der Waals surface area (Å²) in [6.07, 6.45) is 0.422. The van der Waals surface area contributed by atoms with Crippen LogP contribution in [0.1, 0.15) is 12.5 Å². The molecule has 1 atom stereocenters. The molecule has 1 aromatic carbocycles. The van der Waals surface area contributed by atoms with E-state index in [-0.39, 0.29) is 11.9 Å². The van der Waals surface area contributed by atoms with E-state index in [4.69, 9.17) is 5.26 Å². The summed E-state index contributed by atoms with van der Waals surface area (Å²) in [7, 11) is 0. The van der Waals surface area contributed by atoms with Crippen LogP contribution in [-0.4, -0.2) is 11.9 Å². The Bertz CT molecular complexity index is 448. The van der Waals surface area contributed by atoms with Crippen molar-refractivity contribution in [2.45, 2.75) is 19.4 Å². The molecule has 0 spiro atoms. The maximum Gasteiger partial charge on any atom is 0.228 e. The number of nitriles is 1. The zero-order valence-electron chi connectivity index (χ0n) is 8.37. The number of amides is 1. The lowest BCUT2D eigenvalue weighted by atomic mass is 10.1. The third kappa shape index (κ3) is 1.91. The van der Waals surface area contributed by atoms with E-state index in [2.05, 4.69) is 16.7 Å². The van der Waals surface area contributed by atoms with E-state index in [1.54, 1.807) is 6.92 Å². The predicted molar refractivity (Wildman–Crippen MR) is 57.5 cm³/mol. The van der Waals surface area contributed by atoms with Crippen LogP contribution in [-0.2, 0) is 11.2 Å². The van der Waals surface area contributed by atoms with Crippen molar-refractivity contribution in [1.29, 1.82) is 5.26 Å². The van der Waals surface area contributed by atoms with Crippen LogP contribution in [0.5, 0.6) is 0 Å². The van der Waals surface area contributed by atoms with Crippen LogP contribution in [0.2, 0.25) is 0 Å². The molecule has 0 saturated heterocycles. The summed E-state index contributed by atoms with van der Waals surface area (Å²) in [6.45, 7) is 1.79. The van der Waals surface area contributed by atoms with Gasteiger partial charge in [-0.2, -0.15) is 5.26 Å². The highest BCUT2D eigenvalue weighted by atomic mass is 16.1. The van der Waals surface area contributed by atoms with Crippen LogP contribution in [0.4, 0.5) is 11.4 Å². The molecule has 1 amide bonds.